The van der Waals surface area contributed by atoms with Crippen LogP contribution in [0, 0.1) is 40.9 Å². The van der Waals surface area contributed by atoms with E-state index in [1.807, 2.05) is 20.8 Å². The Morgan fingerprint density at radius 3 is 2.54 bits per heavy atom. The molecule has 4 aliphatic carbocycles. The van der Waals surface area contributed by atoms with Crippen LogP contribution in [-0.4, -0.2) is 52.4 Å². The van der Waals surface area contributed by atoms with Crippen molar-refractivity contribution in [2.24, 2.45) is 34.0 Å². The summed E-state index contributed by atoms with van der Waals surface area (Å²) in [5.74, 6) is -5.10. The summed E-state index contributed by atoms with van der Waals surface area (Å²) >= 11 is 0. The van der Waals surface area contributed by atoms with Gasteiger partial charge in [-0.3, -0.25) is 9.59 Å². The smallest absolute Gasteiger partial charge is 0.338 e. The Kier molecular flexibility index (Phi) is 4.55. The molecule has 6 aliphatic rings. The van der Waals surface area contributed by atoms with Crippen molar-refractivity contribution in [2.45, 2.75) is 64.4 Å². The number of ketones is 2. The number of rotatable bonds is 2. The van der Waals surface area contributed by atoms with Gasteiger partial charge < -0.3 is 19.7 Å². The molecule has 2 heterocycles. The van der Waals surface area contributed by atoms with Crippen LogP contribution in [0.15, 0.2) is 36.4 Å². The average molecular weight is 481 g/mol. The van der Waals surface area contributed by atoms with Crippen molar-refractivity contribution < 1.29 is 34.1 Å². The third-order valence-corrected chi connectivity index (χ3v) is 10.1. The third-order valence-electron chi connectivity index (χ3n) is 10.1. The van der Waals surface area contributed by atoms with E-state index in [-0.39, 0.29) is 18.0 Å². The molecule has 2 N–H and O–H groups in total. The van der Waals surface area contributed by atoms with Gasteiger partial charge in [-0.1, -0.05) is 38.1 Å². The summed E-state index contributed by atoms with van der Waals surface area (Å²) < 4.78 is 12.0. The topological polar surface area (TPSA) is 110 Å². The zero-order valence-electron chi connectivity index (χ0n) is 20.4. The molecule has 0 unspecified atom stereocenters. The number of carbonyl (C=O) groups is 3. The van der Waals surface area contributed by atoms with Gasteiger partial charge in [0.25, 0.3) is 0 Å². The fourth-order valence-electron chi connectivity index (χ4n) is 8.64. The van der Waals surface area contributed by atoms with Crippen LogP contribution in [0.25, 0.3) is 0 Å². The summed E-state index contributed by atoms with van der Waals surface area (Å²) in [7, 11) is 0. The van der Waals surface area contributed by atoms with Gasteiger partial charge in [0.15, 0.2) is 5.78 Å². The minimum absolute atomic E-state index is 0.0422. The average Bonchev–Trinajstić information content (AvgIpc) is 2.93. The maximum atomic E-state index is 14.0. The molecule has 4 bridgehead atoms. The lowest BCUT2D eigenvalue weighted by Gasteiger charge is -2.72. The Balaban J connectivity index is 1.53. The standard InChI is InChI=1S/C28H32O7/c1-14-5-7-16(8-6-14)24(32)35-23-17-9-10-18-26-13-34-28(33,27(18,23)21(30)15(17)2)22(31)20(26)25(3,4)12-11-19(26)29/h5-8,17-18,20,22-23,31,33H,2,9-13H2,1,3-4H3/t17-,18-,20+,22-,23+,26+,27-,28-/m0/s1. The van der Waals surface area contributed by atoms with Crippen LogP contribution in [0.5, 0.6) is 0 Å². The Bertz CT molecular complexity index is 1170. The van der Waals surface area contributed by atoms with E-state index >= 15 is 0 Å². The van der Waals surface area contributed by atoms with Crippen molar-refractivity contribution in [3.8, 4) is 0 Å². The summed E-state index contributed by atoms with van der Waals surface area (Å²) in [4.78, 5) is 41.0. The van der Waals surface area contributed by atoms with E-state index in [9.17, 15) is 24.6 Å². The Hall–Kier alpha value is -2.35. The summed E-state index contributed by atoms with van der Waals surface area (Å²) in [5, 5.41) is 23.9. The lowest BCUT2D eigenvalue weighted by atomic mass is 9.36. The van der Waals surface area contributed by atoms with Gasteiger partial charge in [-0.25, -0.2) is 4.79 Å². The minimum Gasteiger partial charge on any atom is -0.457 e. The van der Waals surface area contributed by atoms with Crippen LogP contribution in [0.2, 0.25) is 0 Å². The van der Waals surface area contributed by atoms with Crippen LogP contribution in [-0.2, 0) is 19.1 Å². The van der Waals surface area contributed by atoms with Crippen molar-refractivity contribution in [3.63, 3.8) is 0 Å². The van der Waals surface area contributed by atoms with Crippen LogP contribution in [0.1, 0.15) is 55.5 Å². The second kappa shape index (κ2) is 6.90. The van der Waals surface area contributed by atoms with Crippen LogP contribution < -0.4 is 0 Å². The molecule has 7 nitrogen and oxygen atoms in total. The normalized spacial score (nSPS) is 45.2. The van der Waals surface area contributed by atoms with E-state index in [0.717, 1.165) is 5.56 Å². The Morgan fingerprint density at radius 2 is 1.86 bits per heavy atom. The summed E-state index contributed by atoms with van der Waals surface area (Å²) in [6.45, 7) is 9.88. The molecule has 6 fully saturated rings. The molecule has 186 valence electrons. The highest BCUT2D eigenvalue weighted by Gasteiger charge is 2.88. The van der Waals surface area contributed by atoms with Gasteiger partial charge >= 0.3 is 5.97 Å². The zero-order valence-corrected chi connectivity index (χ0v) is 20.4. The number of carbonyl (C=O) groups excluding carboxylic acids is 3. The molecule has 8 atom stereocenters. The lowest BCUT2D eigenvalue weighted by molar-refractivity contribution is -0.436. The molecular weight excluding hydrogens is 448 g/mol. The number of ether oxygens (including phenoxy) is 2. The number of hydrogen-bond acceptors (Lipinski definition) is 7. The predicted molar refractivity (Wildman–Crippen MR) is 124 cm³/mol. The highest BCUT2D eigenvalue weighted by atomic mass is 16.6. The van der Waals surface area contributed by atoms with Gasteiger partial charge in [-0.15, -0.1) is 0 Å². The summed E-state index contributed by atoms with van der Waals surface area (Å²) in [6.07, 6.45) is -0.661. The molecule has 7 heteroatoms. The number of hydrogen-bond donors (Lipinski definition) is 2. The molecular formula is C28H32O7. The molecule has 7 rings (SSSR count). The maximum Gasteiger partial charge on any atom is 0.338 e. The van der Waals surface area contributed by atoms with Crippen LogP contribution >= 0.6 is 0 Å². The number of fused-ring (bicyclic) bond motifs is 2. The van der Waals surface area contributed by atoms with E-state index in [1.54, 1.807) is 24.3 Å². The first-order chi connectivity index (χ1) is 16.4. The van der Waals surface area contributed by atoms with Crippen molar-refractivity contribution in [1.82, 2.24) is 0 Å². The molecule has 0 aromatic heterocycles. The number of aryl methyl sites for hydroxylation is 1. The van der Waals surface area contributed by atoms with Crippen LogP contribution in [0.4, 0.5) is 0 Å². The van der Waals surface area contributed by atoms with E-state index in [1.165, 1.54) is 0 Å². The molecule has 1 aromatic carbocycles. The summed E-state index contributed by atoms with van der Waals surface area (Å²) in [5.41, 5.74) is -1.78. The molecule has 35 heavy (non-hydrogen) atoms. The van der Waals surface area contributed by atoms with Gasteiger partial charge in [-0.2, -0.15) is 0 Å². The fraction of sp³-hybridized carbons (Fsp3) is 0.607. The largest absolute Gasteiger partial charge is 0.457 e. The first kappa shape index (κ1) is 23.1. The first-order valence-corrected chi connectivity index (χ1v) is 12.5. The van der Waals surface area contributed by atoms with Crippen molar-refractivity contribution in [3.05, 3.63) is 47.5 Å². The predicted octanol–water partition coefficient (Wildman–Crippen LogP) is 2.76. The molecule has 0 amide bonds. The van der Waals surface area contributed by atoms with Crippen LogP contribution in [0.3, 0.4) is 0 Å². The van der Waals surface area contributed by atoms with Gasteiger partial charge in [0.2, 0.25) is 5.79 Å². The highest BCUT2D eigenvalue weighted by Crippen LogP contribution is 2.76. The fourth-order valence-corrected chi connectivity index (χ4v) is 8.64. The SMILES string of the molecule is C=C1C(=O)[C@]23[C@H](OC(=O)c4ccc(C)cc4)[C@H]1CC[C@H]2[C@@]12CO[C@@]3(O)[C@@H](O)[C@@H]1C(C)(C)CCC2=O. The minimum atomic E-state index is -2.29. The van der Waals surface area contributed by atoms with Crippen molar-refractivity contribution >= 4 is 17.5 Å². The number of aliphatic hydroxyl groups excluding tert-OH is 1. The van der Waals surface area contributed by atoms with E-state index < -0.39 is 63.7 Å². The quantitative estimate of drug-likeness (QED) is 0.495. The third kappa shape index (κ3) is 2.45. The van der Waals surface area contributed by atoms with E-state index in [2.05, 4.69) is 6.58 Å². The van der Waals surface area contributed by atoms with E-state index in [4.69, 9.17) is 9.47 Å². The van der Waals surface area contributed by atoms with E-state index in [0.29, 0.717) is 31.2 Å². The molecule has 4 saturated carbocycles. The number of benzene rings is 1. The molecule has 2 saturated heterocycles. The number of esters is 1. The van der Waals surface area contributed by atoms with Gasteiger partial charge in [0.1, 0.15) is 23.4 Å². The summed E-state index contributed by atoms with van der Waals surface area (Å²) in [6, 6.07) is 6.91. The van der Waals surface area contributed by atoms with Gasteiger partial charge in [0, 0.05) is 18.3 Å². The second-order valence-corrected chi connectivity index (χ2v) is 12.0. The second-order valence-electron chi connectivity index (χ2n) is 12.0. The highest BCUT2D eigenvalue weighted by molar-refractivity contribution is 6.06. The molecule has 2 spiro atoms. The molecule has 2 aliphatic heterocycles. The Morgan fingerprint density at radius 1 is 1.17 bits per heavy atom. The Labute approximate surface area is 204 Å². The first-order valence-electron chi connectivity index (χ1n) is 12.5. The zero-order chi connectivity index (χ0) is 25.1. The van der Waals surface area contributed by atoms with Crippen molar-refractivity contribution in [2.75, 3.05) is 6.61 Å². The number of aliphatic hydroxyl groups is 2. The molecule has 0 radical (unpaired) electrons. The maximum absolute atomic E-state index is 14.0. The number of Topliss-reactive ketones (excluding diaryl/α,β-unsaturated/α-hetero) is 2. The lowest BCUT2D eigenvalue weighted by Crippen LogP contribution is -2.85. The molecule has 1 aromatic rings. The van der Waals surface area contributed by atoms with Gasteiger partial charge in [0.05, 0.1) is 17.6 Å². The van der Waals surface area contributed by atoms with Gasteiger partial charge in [-0.05, 0) is 55.2 Å². The monoisotopic (exact) mass is 480 g/mol. The van der Waals surface area contributed by atoms with Crippen molar-refractivity contribution in [1.29, 1.82) is 0 Å².